The molecule has 1 aromatic carbocycles. The van der Waals surface area contributed by atoms with Crippen LogP contribution < -0.4 is 5.32 Å². The highest BCUT2D eigenvalue weighted by molar-refractivity contribution is 5.34. The molecule has 0 aliphatic heterocycles. The van der Waals surface area contributed by atoms with Gasteiger partial charge in [-0.1, -0.05) is 50.8 Å². The third-order valence-electron chi connectivity index (χ3n) is 5.18. The summed E-state index contributed by atoms with van der Waals surface area (Å²) in [7, 11) is 0. The third kappa shape index (κ3) is 5.14. The van der Waals surface area contributed by atoms with Crippen LogP contribution in [0.5, 0.6) is 0 Å². The Bertz CT molecular complexity index is 398. The van der Waals surface area contributed by atoms with E-state index in [1.54, 1.807) is 5.56 Å². The molecular formula is C20H33N. The quantitative estimate of drug-likeness (QED) is 0.694. The van der Waals surface area contributed by atoms with E-state index in [2.05, 4.69) is 44.3 Å². The van der Waals surface area contributed by atoms with Gasteiger partial charge in [-0.3, -0.25) is 0 Å². The minimum Gasteiger partial charge on any atom is -0.314 e. The van der Waals surface area contributed by atoms with Crippen LogP contribution in [0.3, 0.4) is 0 Å². The molecule has 1 fully saturated rings. The lowest BCUT2D eigenvalue weighted by Gasteiger charge is -2.22. The molecule has 118 valence electrons. The Kier molecular flexibility index (Phi) is 6.76. The zero-order valence-corrected chi connectivity index (χ0v) is 14.3. The average molecular weight is 287 g/mol. The van der Waals surface area contributed by atoms with E-state index in [-0.39, 0.29) is 0 Å². The van der Waals surface area contributed by atoms with Crippen molar-refractivity contribution in [1.29, 1.82) is 0 Å². The van der Waals surface area contributed by atoms with Crippen LogP contribution in [-0.4, -0.2) is 12.6 Å². The van der Waals surface area contributed by atoms with Gasteiger partial charge in [0.15, 0.2) is 0 Å². The maximum Gasteiger partial charge on any atom is 0.0108 e. The predicted molar refractivity (Wildman–Crippen MR) is 92.9 cm³/mol. The number of rotatable bonds is 8. The molecule has 0 saturated heterocycles. The second kappa shape index (κ2) is 8.58. The molecule has 1 aliphatic carbocycles. The summed E-state index contributed by atoms with van der Waals surface area (Å²) in [5.41, 5.74) is 4.48. The summed E-state index contributed by atoms with van der Waals surface area (Å²) < 4.78 is 0. The molecule has 0 bridgehead atoms. The highest BCUT2D eigenvalue weighted by Crippen LogP contribution is 2.29. The Morgan fingerprint density at radius 2 is 1.81 bits per heavy atom. The van der Waals surface area contributed by atoms with Crippen molar-refractivity contribution < 1.29 is 0 Å². The zero-order chi connectivity index (χ0) is 15.1. The molecule has 0 heterocycles. The summed E-state index contributed by atoms with van der Waals surface area (Å²) in [6.45, 7) is 7.94. The molecule has 1 atom stereocenters. The lowest BCUT2D eigenvalue weighted by Crippen LogP contribution is -2.32. The molecule has 0 radical (unpaired) electrons. The first kappa shape index (κ1) is 16.5. The van der Waals surface area contributed by atoms with E-state index in [1.807, 2.05) is 0 Å². The zero-order valence-electron chi connectivity index (χ0n) is 14.3. The third-order valence-corrected chi connectivity index (χ3v) is 5.18. The standard InChI is InChI=1S/C20H33N/c1-4-14-21-19(13-12-18-10-5-6-11-18)15-20-16(2)8-7-9-17(20)3/h7-9,18-19,21H,4-6,10-15H2,1-3H3. The fourth-order valence-corrected chi connectivity index (χ4v) is 3.78. The second-order valence-corrected chi connectivity index (χ2v) is 6.95. The van der Waals surface area contributed by atoms with Crippen molar-refractivity contribution in [3.8, 4) is 0 Å². The van der Waals surface area contributed by atoms with E-state index in [1.165, 1.54) is 62.5 Å². The van der Waals surface area contributed by atoms with Gasteiger partial charge in [-0.25, -0.2) is 0 Å². The smallest absolute Gasteiger partial charge is 0.0108 e. The van der Waals surface area contributed by atoms with Gasteiger partial charge in [-0.2, -0.15) is 0 Å². The van der Waals surface area contributed by atoms with Crippen LogP contribution in [0.4, 0.5) is 0 Å². The van der Waals surface area contributed by atoms with Gasteiger partial charge in [-0.05, 0) is 68.7 Å². The van der Waals surface area contributed by atoms with Crippen molar-refractivity contribution in [2.24, 2.45) is 5.92 Å². The van der Waals surface area contributed by atoms with Crippen molar-refractivity contribution >= 4 is 0 Å². The minimum atomic E-state index is 0.658. The van der Waals surface area contributed by atoms with Gasteiger partial charge in [-0.15, -0.1) is 0 Å². The number of benzene rings is 1. The number of hydrogen-bond acceptors (Lipinski definition) is 1. The highest BCUT2D eigenvalue weighted by atomic mass is 14.9. The molecule has 0 aromatic heterocycles. The fraction of sp³-hybridized carbons (Fsp3) is 0.700. The van der Waals surface area contributed by atoms with Gasteiger partial charge in [0.1, 0.15) is 0 Å². The van der Waals surface area contributed by atoms with Crippen molar-refractivity contribution in [3.63, 3.8) is 0 Å². The summed E-state index contributed by atoms with van der Waals surface area (Å²) >= 11 is 0. The van der Waals surface area contributed by atoms with Crippen LogP contribution in [0.25, 0.3) is 0 Å². The number of hydrogen-bond donors (Lipinski definition) is 1. The predicted octanol–water partition coefficient (Wildman–Crippen LogP) is 5.18. The SMILES string of the molecule is CCCNC(CCC1CCCC1)Cc1c(C)cccc1C. The summed E-state index contributed by atoms with van der Waals surface area (Å²) in [4.78, 5) is 0. The lowest BCUT2D eigenvalue weighted by molar-refractivity contribution is 0.402. The maximum atomic E-state index is 3.80. The summed E-state index contributed by atoms with van der Waals surface area (Å²) in [6.07, 6.45) is 11.1. The van der Waals surface area contributed by atoms with Crippen LogP contribution in [0.1, 0.15) is 68.6 Å². The molecule has 1 saturated carbocycles. The Hall–Kier alpha value is -0.820. The van der Waals surface area contributed by atoms with Crippen LogP contribution in [-0.2, 0) is 6.42 Å². The fourth-order valence-electron chi connectivity index (χ4n) is 3.78. The summed E-state index contributed by atoms with van der Waals surface area (Å²) in [6, 6.07) is 7.36. The van der Waals surface area contributed by atoms with E-state index in [9.17, 15) is 0 Å². The van der Waals surface area contributed by atoms with Crippen LogP contribution in [0.15, 0.2) is 18.2 Å². The Labute approximate surface area is 131 Å². The Morgan fingerprint density at radius 1 is 1.14 bits per heavy atom. The molecule has 1 nitrogen and oxygen atoms in total. The van der Waals surface area contributed by atoms with E-state index < -0.39 is 0 Å². The largest absolute Gasteiger partial charge is 0.314 e. The van der Waals surface area contributed by atoms with Gasteiger partial charge in [0.05, 0.1) is 0 Å². The first-order valence-electron chi connectivity index (χ1n) is 8.99. The van der Waals surface area contributed by atoms with E-state index in [0.717, 1.165) is 12.5 Å². The van der Waals surface area contributed by atoms with E-state index in [0.29, 0.717) is 6.04 Å². The summed E-state index contributed by atoms with van der Waals surface area (Å²) in [5.74, 6) is 1.01. The first-order chi connectivity index (χ1) is 10.2. The van der Waals surface area contributed by atoms with Gasteiger partial charge < -0.3 is 5.32 Å². The molecular weight excluding hydrogens is 254 g/mol. The van der Waals surface area contributed by atoms with E-state index in [4.69, 9.17) is 0 Å². The van der Waals surface area contributed by atoms with Gasteiger partial charge in [0, 0.05) is 6.04 Å². The minimum absolute atomic E-state index is 0.658. The molecule has 0 amide bonds. The molecule has 1 heteroatoms. The van der Waals surface area contributed by atoms with Gasteiger partial charge >= 0.3 is 0 Å². The second-order valence-electron chi connectivity index (χ2n) is 6.95. The topological polar surface area (TPSA) is 12.0 Å². The molecule has 1 N–H and O–H groups in total. The molecule has 2 rings (SSSR count). The van der Waals surface area contributed by atoms with Crippen LogP contribution >= 0.6 is 0 Å². The first-order valence-corrected chi connectivity index (χ1v) is 8.99. The average Bonchev–Trinajstić information content (AvgIpc) is 2.98. The van der Waals surface area contributed by atoms with Crippen LogP contribution in [0.2, 0.25) is 0 Å². The van der Waals surface area contributed by atoms with Crippen molar-refractivity contribution in [2.45, 2.75) is 78.2 Å². The molecule has 1 aromatic rings. The Morgan fingerprint density at radius 3 is 2.43 bits per heavy atom. The van der Waals surface area contributed by atoms with Crippen LogP contribution in [0, 0.1) is 19.8 Å². The number of aryl methyl sites for hydroxylation is 2. The molecule has 1 unspecified atom stereocenters. The lowest BCUT2D eigenvalue weighted by atomic mass is 9.91. The van der Waals surface area contributed by atoms with Gasteiger partial charge in [0.25, 0.3) is 0 Å². The molecule has 1 aliphatic rings. The van der Waals surface area contributed by atoms with Gasteiger partial charge in [0.2, 0.25) is 0 Å². The normalized spacial score (nSPS) is 17.3. The van der Waals surface area contributed by atoms with Crippen molar-refractivity contribution in [1.82, 2.24) is 5.32 Å². The maximum absolute atomic E-state index is 3.80. The van der Waals surface area contributed by atoms with E-state index >= 15 is 0 Å². The van der Waals surface area contributed by atoms with Crippen molar-refractivity contribution in [2.75, 3.05) is 6.54 Å². The molecule has 21 heavy (non-hydrogen) atoms. The van der Waals surface area contributed by atoms with Crippen molar-refractivity contribution in [3.05, 3.63) is 34.9 Å². The Balaban J connectivity index is 1.94. The summed E-state index contributed by atoms with van der Waals surface area (Å²) in [5, 5.41) is 3.80. The molecule has 0 spiro atoms. The monoisotopic (exact) mass is 287 g/mol. The number of nitrogens with one attached hydrogen (secondary N) is 1. The highest BCUT2D eigenvalue weighted by Gasteiger charge is 2.18.